The summed E-state index contributed by atoms with van der Waals surface area (Å²) in [6.07, 6.45) is 1.25. The van der Waals surface area contributed by atoms with Gasteiger partial charge in [-0.15, -0.1) is 0 Å². The van der Waals surface area contributed by atoms with Gasteiger partial charge >= 0.3 is 0 Å². The first kappa shape index (κ1) is 11.8. The maximum absolute atomic E-state index is 9.58. The van der Waals surface area contributed by atoms with Gasteiger partial charge in [0.25, 0.3) is 0 Å². The van der Waals surface area contributed by atoms with Gasteiger partial charge in [0.15, 0.2) is 0 Å². The average Bonchev–Trinajstić information content (AvgIpc) is 2.36. The molecule has 0 spiro atoms. The topological polar surface area (TPSA) is 54.4 Å². The third-order valence-corrected chi connectivity index (χ3v) is 2.54. The van der Waals surface area contributed by atoms with Crippen LogP contribution in [0.25, 0.3) is 10.9 Å². The fraction of sp³-hybridized carbons (Fsp3) is 0.308. The number of hydrogen-bond acceptors (Lipinski definition) is 4. The first-order valence-electron chi connectivity index (χ1n) is 5.56. The molecular weight excluding hydrogens is 216 g/mol. The number of aliphatic hydroxyl groups excluding tert-OH is 1. The molecule has 1 unspecified atom stereocenters. The van der Waals surface area contributed by atoms with E-state index in [1.54, 1.807) is 13.3 Å². The highest BCUT2D eigenvalue weighted by Crippen LogP contribution is 2.20. The van der Waals surface area contributed by atoms with Gasteiger partial charge in [-0.25, -0.2) is 0 Å². The number of aliphatic hydroxyl groups is 1. The molecule has 0 amide bonds. The zero-order valence-electron chi connectivity index (χ0n) is 9.76. The van der Waals surface area contributed by atoms with Crippen molar-refractivity contribution in [3.8, 4) is 0 Å². The lowest BCUT2D eigenvalue weighted by atomic mass is 10.2. The quantitative estimate of drug-likeness (QED) is 0.823. The number of pyridine rings is 1. The smallest absolute Gasteiger partial charge is 0.0945 e. The molecule has 0 fully saturated rings. The van der Waals surface area contributed by atoms with E-state index in [0.29, 0.717) is 13.2 Å². The standard InChI is InChI=1S/C13H16N2O2/c1-17-9-10(16)8-15-13-6-7-14-12-5-3-2-4-11(12)13/h2-7,10,16H,8-9H2,1H3,(H,14,15). The molecule has 2 rings (SSSR count). The fourth-order valence-electron chi connectivity index (χ4n) is 1.73. The van der Waals surface area contributed by atoms with E-state index in [4.69, 9.17) is 4.74 Å². The lowest BCUT2D eigenvalue weighted by Gasteiger charge is -2.13. The zero-order valence-corrected chi connectivity index (χ0v) is 9.76. The van der Waals surface area contributed by atoms with E-state index in [0.717, 1.165) is 16.6 Å². The summed E-state index contributed by atoms with van der Waals surface area (Å²) in [5, 5.41) is 13.8. The van der Waals surface area contributed by atoms with Crippen molar-refractivity contribution in [3.63, 3.8) is 0 Å². The Morgan fingerprint density at radius 1 is 1.35 bits per heavy atom. The molecule has 0 aliphatic carbocycles. The molecule has 4 nitrogen and oxygen atoms in total. The van der Waals surface area contributed by atoms with Crippen LogP contribution in [-0.4, -0.2) is 36.5 Å². The number of nitrogens with zero attached hydrogens (tertiary/aromatic N) is 1. The fourth-order valence-corrected chi connectivity index (χ4v) is 1.73. The highest BCUT2D eigenvalue weighted by Gasteiger charge is 2.05. The van der Waals surface area contributed by atoms with E-state index in [9.17, 15) is 5.11 Å². The summed E-state index contributed by atoms with van der Waals surface area (Å²) in [4.78, 5) is 4.28. The maximum atomic E-state index is 9.58. The van der Waals surface area contributed by atoms with Crippen molar-refractivity contribution in [2.45, 2.75) is 6.10 Å². The molecule has 1 heterocycles. The van der Waals surface area contributed by atoms with Crippen LogP contribution in [0, 0.1) is 0 Å². The first-order chi connectivity index (χ1) is 8.31. The number of aromatic nitrogens is 1. The van der Waals surface area contributed by atoms with Gasteiger partial charge in [-0.05, 0) is 12.1 Å². The Labute approximate surface area is 100 Å². The summed E-state index contributed by atoms with van der Waals surface area (Å²) in [6.45, 7) is 0.790. The molecule has 1 aromatic heterocycles. The second-order valence-electron chi connectivity index (χ2n) is 3.87. The molecule has 2 N–H and O–H groups in total. The lowest BCUT2D eigenvalue weighted by molar-refractivity contribution is 0.0728. The van der Waals surface area contributed by atoms with E-state index in [1.807, 2.05) is 30.3 Å². The van der Waals surface area contributed by atoms with Gasteiger partial charge in [-0.1, -0.05) is 18.2 Å². The number of para-hydroxylation sites is 1. The number of rotatable bonds is 5. The Morgan fingerprint density at radius 2 is 2.18 bits per heavy atom. The molecule has 1 aromatic carbocycles. The van der Waals surface area contributed by atoms with Crippen molar-refractivity contribution in [2.24, 2.45) is 0 Å². The lowest BCUT2D eigenvalue weighted by Crippen LogP contribution is -2.24. The normalized spacial score (nSPS) is 12.6. The highest BCUT2D eigenvalue weighted by atomic mass is 16.5. The summed E-state index contributed by atoms with van der Waals surface area (Å²) < 4.78 is 4.88. The minimum absolute atomic E-state index is 0.329. The predicted molar refractivity (Wildman–Crippen MR) is 68.1 cm³/mol. The van der Waals surface area contributed by atoms with Gasteiger partial charge in [-0.3, -0.25) is 4.98 Å². The summed E-state index contributed by atoms with van der Waals surface area (Å²) in [5.74, 6) is 0. The van der Waals surface area contributed by atoms with Crippen LogP contribution in [0.4, 0.5) is 5.69 Å². The van der Waals surface area contributed by atoms with E-state index in [1.165, 1.54) is 0 Å². The second-order valence-corrected chi connectivity index (χ2v) is 3.87. The average molecular weight is 232 g/mol. The minimum atomic E-state index is -0.507. The number of ether oxygens (including phenoxy) is 1. The molecule has 0 aliphatic heterocycles. The number of fused-ring (bicyclic) bond motifs is 1. The van der Waals surface area contributed by atoms with Crippen molar-refractivity contribution in [3.05, 3.63) is 36.5 Å². The van der Waals surface area contributed by atoms with Crippen LogP contribution < -0.4 is 5.32 Å². The number of methoxy groups -OCH3 is 1. The molecule has 4 heteroatoms. The molecular formula is C13H16N2O2. The molecule has 0 saturated carbocycles. The van der Waals surface area contributed by atoms with Crippen LogP contribution in [0.15, 0.2) is 36.5 Å². The third-order valence-electron chi connectivity index (χ3n) is 2.54. The number of anilines is 1. The summed E-state index contributed by atoms with van der Waals surface area (Å²) in [7, 11) is 1.57. The Bertz CT molecular complexity index is 482. The van der Waals surface area contributed by atoms with Gasteiger partial charge in [0.1, 0.15) is 0 Å². The third kappa shape index (κ3) is 2.93. The molecule has 0 aliphatic rings. The van der Waals surface area contributed by atoms with Crippen molar-refractivity contribution >= 4 is 16.6 Å². The Morgan fingerprint density at radius 3 is 3.00 bits per heavy atom. The van der Waals surface area contributed by atoms with Gasteiger partial charge in [0, 0.05) is 30.9 Å². The van der Waals surface area contributed by atoms with E-state index < -0.39 is 6.10 Å². The zero-order chi connectivity index (χ0) is 12.1. The molecule has 0 bridgehead atoms. The van der Waals surface area contributed by atoms with Gasteiger partial charge in [0.2, 0.25) is 0 Å². The van der Waals surface area contributed by atoms with Crippen LogP contribution in [0.3, 0.4) is 0 Å². The molecule has 0 saturated heterocycles. The molecule has 90 valence electrons. The van der Waals surface area contributed by atoms with Gasteiger partial charge in [-0.2, -0.15) is 0 Å². The summed E-state index contributed by atoms with van der Waals surface area (Å²) in [5.41, 5.74) is 1.92. The monoisotopic (exact) mass is 232 g/mol. The number of benzene rings is 1. The Balaban J connectivity index is 2.13. The highest BCUT2D eigenvalue weighted by molar-refractivity contribution is 5.90. The number of nitrogens with one attached hydrogen (secondary N) is 1. The van der Waals surface area contributed by atoms with Crippen molar-refractivity contribution < 1.29 is 9.84 Å². The first-order valence-corrected chi connectivity index (χ1v) is 5.56. The Kier molecular flexibility index (Phi) is 3.90. The molecule has 17 heavy (non-hydrogen) atoms. The molecule has 0 radical (unpaired) electrons. The summed E-state index contributed by atoms with van der Waals surface area (Å²) in [6, 6.07) is 9.81. The molecule has 1 atom stereocenters. The van der Waals surface area contributed by atoms with Crippen LogP contribution in [0.2, 0.25) is 0 Å². The van der Waals surface area contributed by atoms with E-state index in [2.05, 4.69) is 10.3 Å². The van der Waals surface area contributed by atoms with Crippen molar-refractivity contribution in [1.29, 1.82) is 0 Å². The van der Waals surface area contributed by atoms with E-state index >= 15 is 0 Å². The summed E-state index contributed by atoms with van der Waals surface area (Å²) >= 11 is 0. The second kappa shape index (κ2) is 5.61. The largest absolute Gasteiger partial charge is 0.389 e. The molecule has 2 aromatic rings. The van der Waals surface area contributed by atoms with Crippen LogP contribution in [0.5, 0.6) is 0 Å². The van der Waals surface area contributed by atoms with Crippen molar-refractivity contribution in [2.75, 3.05) is 25.6 Å². The van der Waals surface area contributed by atoms with E-state index in [-0.39, 0.29) is 0 Å². The van der Waals surface area contributed by atoms with Gasteiger partial charge < -0.3 is 15.2 Å². The minimum Gasteiger partial charge on any atom is -0.389 e. The van der Waals surface area contributed by atoms with Gasteiger partial charge in [0.05, 0.1) is 18.2 Å². The SMILES string of the molecule is COCC(O)CNc1ccnc2ccccc12. The predicted octanol–water partition coefficient (Wildman–Crippen LogP) is 1.65. The Hall–Kier alpha value is -1.65. The van der Waals surface area contributed by atoms with Crippen molar-refractivity contribution in [1.82, 2.24) is 4.98 Å². The van der Waals surface area contributed by atoms with Crippen LogP contribution >= 0.6 is 0 Å². The van der Waals surface area contributed by atoms with Crippen LogP contribution in [0.1, 0.15) is 0 Å². The number of hydrogen-bond donors (Lipinski definition) is 2. The maximum Gasteiger partial charge on any atom is 0.0945 e. The van der Waals surface area contributed by atoms with Crippen LogP contribution in [-0.2, 0) is 4.74 Å².